The Balaban J connectivity index is 2.15. The monoisotopic (exact) mass is 214 g/mol. The van der Waals surface area contributed by atoms with Crippen molar-refractivity contribution in [1.29, 1.82) is 0 Å². The summed E-state index contributed by atoms with van der Waals surface area (Å²) in [6.45, 7) is 9.72. The second-order valence-electron chi connectivity index (χ2n) is 7.28. The first kappa shape index (κ1) is 10.8. The second kappa shape index (κ2) is 2.90. The fourth-order valence-electron chi connectivity index (χ4n) is 4.47. The lowest BCUT2D eigenvalue weighted by atomic mass is 9.59. The van der Waals surface area contributed by atoms with Crippen LogP contribution in [0.25, 0.3) is 0 Å². The predicted octanol–water partition coefficient (Wildman–Crippen LogP) is 4.47. The van der Waals surface area contributed by atoms with E-state index < -0.39 is 0 Å². The highest BCUT2D eigenvalue weighted by molar-refractivity contribution is 6.18. The lowest BCUT2D eigenvalue weighted by Gasteiger charge is -2.46. The molecule has 2 aliphatic rings. The Hall–Kier alpha value is 0.290. The first-order chi connectivity index (χ1) is 6.29. The van der Waals surface area contributed by atoms with E-state index in [1.54, 1.807) is 0 Å². The van der Waals surface area contributed by atoms with Crippen LogP contribution < -0.4 is 0 Å². The van der Waals surface area contributed by atoms with Crippen LogP contribution in [0.5, 0.6) is 0 Å². The lowest BCUT2D eigenvalue weighted by molar-refractivity contribution is 0.0483. The maximum absolute atomic E-state index is 6.01. The minimum Gasteiger partial charge on any atom is -0.126 e. The first-order valence-corrected chi connectivity index (χ1v) is 6.38. The normalized spacial score (nSPS) is 37.1. The molecule has 1 unspecified atom stereocenters. The van der Waals surface area contributed by atoms with Gasteiger partial charge in [-0.05, 0) is 47.8 Å². The smallest absolute Gasteiger partial charge is 0.0257 e. The Kier molecular flexibility index (Phi) is 2.24. The molecule has 2 aliphatic carbocycles. The van der Waals surface area contributed by atoms with E-state index in [-0.39, 0.29) is 0 Å². The molecule has 0 N–H and O–H groups in total. The Morgan fingerprint density at radius 3 is 1.86 bits per heavy atom. The molecule has 0 heterocycles. The van der Waals surface area contributed by atoms with E-state index in [0.717, 1.165) is 11.8 Å². The third-order valence-corrected chi connectivity index (χ3v) is 4.54. The summed E-state index contributed by atoms with van der Waals surface area (Å²) in [5.74, 6) is 1.70. The molecule has 0 amide bonds. The van der Waals surface area contributed by atoms with Gasteiger partial charge in [-0.25, -0.2) is 0 Å². The molecule has 2 saturated carbocycles. The van der Waals surface area contributed by atoms with Crippen molar-refractivity contribution in [1.82, 2.24) is 0 Å². The summed E-state index contributed by atoms with van der Waals surface area (Å²) in [5.41, 5.74) is 1.69. The number of hydrogen-bond acceptors (Lipinski definition) is 0. The van der Waals surface area contributed by atoms with E-state index >= 15 is 0 Å². The van der Waals surface area contributed by atoms with Gasteiger partial charge in [-0.15, -0.1) is 11.6 Å². The van der Waals surface area contributed by atoms with Gasteiger partial charge in [0.2, 0.25) is 0 Å². The summed E-state index contributed by atoms with van der Waals surface area (Å²) in [5, 5.41) is 0. The van der Waals surface area contributed by atoms with Gasteiger partial charge in [0.15, 0.2) is 0 Å². The molecule has 0 bridgehead atoms. The van der Waals surface area contributed by atoms with Gasteiger partial charge < -0.3 is 0 Å². The zero-order valence-electron chi connectivity index (χ0n) is 9.99. The molecule has 14 heavy (non-hydrogen) atoms. The molecule has 0 aliphatic heterocycles. The molecular formula is C13H23Cl. The van der Waals surface area contributed by atoms with E-state index in [9.17, 15) is 0 Å². The summed E-state index contributed by atoms with van der Waals surface area (Å²) in [6.07, 6.45) is 5.57. The van der Waals surface area contributed by atoms with E-state index in [1.165, 1.54) is 25.7 Å². The van der Waals surface area contributed by atoms with Crippen molar-refractivity contribution in [3.63, 3.8) is 0 Å². The van der Waals surface area contributed by atoms with Gasteiger partial charge in [-0.2, -0.15) is 0 Å². The number of hydrogen-bond donors (Lipinski definition) is 0. The maximum Gasteiger partial charge on any atom is 0.0257 e. The van der Waals surface area contributed by atoms with E-state index in [2.05, 4.69) is 27.7 Å². The molecule has 0 radical (unpaired) electrons. The lowest BCUT2D eigenvalue weighted by Crippen LogP contribution is -2.35. The summed E-state index contributed by atoms with van der Waals surface area (Å²) >= 11 is 6.01. The van der Waals surface area contributed by atoms with Crippen LogP contribution in [0.3, 0.4) is 0 Å². The Morgan fingerprint density at radius 2 is 1.50 bits per heavy atom. The Bertz CT molecular complexity index is 224. The van der Waals surface area contributed by atoms with Gasteiger partial charge in [-0.1, -0.05) is 27.7 Å². The van der Waals surface area contributed by atoms with Crippen molar-refractivity contribution in [2.75, 3.05) is 5.88 Å². The number of alkyl halides is 1. The van der Waals surface area contributed by atoms with E-state index in [1.807, 2.05) is 0 Å². The van der Waals surface area contributed by atoms with Crippen LogP contribution >= 0.6 is 11.6 Å². The van der Waals surface area contributed by atoms with Gasteiger partial charge in [0.1, 0.15) is 0 Å². The molecule has 2 rings (SSSR count). The van der Waals surface area contributed by atoms with Crippen LogP contribution in [0, 0.1) is 22.2 Å². The third-order valence-electron chi connectivity index (χ3n) is 4.16. The first-order valence-electron chi connectivity index (χ1n) is 5.85. The van der Waals surface area contributed by atoms with Crippen LogP contribution in [0.2, 0.25) is 0 Å². The molecule has 0 aromatic carbocycles. The fourth-order valence-corrected chi connectivity index (χ4v) is 4.91. The number of halogens is 1. The topological polar surface area (TPSA) is 0 Å². The average molecular weight is 215 g/mol. The summed E-state index contributed by atoms with van der Waals surface area (Å²) in [7, 11) is 0. The summed E-state index contributed by atoms with van der Waals surface area (Å²) in [4.78, 5) is 0. The van der Waals surface area contributed by atoms with Crippen molar-refractivity contribution in [3.05, 3.63) is 0 Å². The minimum atomic E-state index is 0.530. The Morgan fingerprint density at radius 1 is 1.00 bits per heavy atom. The quantitative estimate of drug-likeness (QED) is 0.565. The number of rotatable bonds is 1. The standard InChI is InChI=1S/C13H23Cl/c1-11(2)7-12(3,4)9-13(8-11)5-10(13)6-14/h10H,5-9H2,1-4H3. The second-order valence-corrected chi connectivity index (χ2v) is 7.59. The molecule has 0 aromatic rings. The van der Waals surface area contributed by atoms with Gasteiger partial charge in [0.05, 0.1) is 0 Å². The van der Waals surface area contributed by atoms with Crippen LogP contribution in [0.1, 0.15) is 53.4 Å². The van der Waals surface area contributed by atoms with Gasteiger partial charge in [0.25, 0.3) is 0 Å². The van der Waals surface area contributed by atoms with Crippen LogP contribution in [0.15, 0.2) is 0 Å². The van der Waals surface area contributed by atoms with E-state index in [0.29, 0.717) is 16.2 Å². The fraction of sp³-hybridized carbons (Fsp3) is 1.00. The van der Waals surface area contributed by atoms with Crippen molar-refractivity contribution >= 4 is 11.6 Å². The van der Waals surface area contributed by atoms with Gasteiger partial charge in [-0.3, -0.25) is 0 Å². The maximum atomic E-state index is 6.01. The highest BCUT2D eigenvalue weighted by Gasteiger charge is 2.60. The zero-order chi connectivity index (χ0) is 10.6. The van der Waals surface area contributed by atoms with Crippen LogP contribution in [-0.4, -0.2) is 5.88 Å². The van der Waals surface area contributed by atoms with Crippen molar-refractivity contribution in [2.45, 2.75) is 53.4 Å². The molecule has 1 heteroatoms. The van der Waals surface area contributed by atoms with Crippen LogP contribution in [0.4, 0.5) is 0 Å². The third kappa shape index (κ3) is 1.83. The van der Waals surface area contributed by atoms with Crippen molar-refractivity contribution in [2.24, 2.45) is 22.2 Å². The van der Waals surface area contributed by atoms with Crippen LogP contribution in [-0.2, 0) is 0 Å². The SMILES string of the molecule is CC1(C)CC(C)(C)CC2(CC2CCl)C1. The molecule has 0 nitrogen and oxygen atoms in total. The van der Waals surface area contributed by atoms with Crippen molar-refractivity contribution < 1.29 is 0 Å². The van der Waals surface area contributed by atoms with Gasteiger partial charge >= 0.3 is 0 Å². The highest BCUT2D eigenvalue weighted by Crippen LogP contribution is 2.68. The molecule has 0 aromatic heterocycles. The molecule has 2 fully saturated rings. The molecule has 0 saturated heterocycles. The minimum absolute atomic E-state index is 0.530. The van der Waals surface area contributed by atoms with Gasteiger partial charge in [0, 0.05) is 5.88 Å². The van der Waals surface area contributed by atoms with Crippen molar-refractivity contribution in [3.8, 4) is 0 Å². The van der Waals surface area contributed by atoms with E-state index in [4.69, 9.17) is 11.6 Å². The summed E-state index contributed by atoms with van der Waals surface area (Å²) < 4.78 is 0. The average Bonchev–Trinajstić information content (AvgIpc) is 2.54. The molecule has 1 atom stereocenters. The molecule has 1 spiro atoms. The predicted molar refractivity (Wildman–Crippen MR) is 62.7 cm³/mol. The highest BCUT2D eigenvalue weighted by atomic mass is 35.5. The summed E-state index contributed by atoms with van der Waals surface area (Å²) in [6, 6.07) is 0. The largest absolute Gasteiger partial charge is 0.126 e. The molecule has 82 valence electrons. The Labute approximate surface area is 93.4 Å². The zero-order valence-corrected chi connectivity index (χ0v) is 10.7. The molecular weight excluding hydrogens is 192 g/mol.